The average Bonchev–Trinajstić information content (AvgIpc) is 2.99. The highest BCUT2D eigenvalue weighted by molar-refractivity contribution is 7.47. The average molecular weight is 652 g/mol. The zero-order valence-corrected chi connectivity index (χ0v) is 28.4. The highest BCUT2D eigenvalue weighted by Gasteiger charge is 2.28. The van der Waals surface area contributed by atoms with Crippen molar-refractivity contribution in [2.45, 2.75) is 167 Å². The van der Waals surface area contributed by atoms with E-state index in [1.807, 2.05) is 0 Å². The second kappa shape index (κ2) is 28.9. The molecule has 0 aliphatic carbocycles. The minimum absolute atomic E-state index is 0.167. The van der Waals surface area contributed by atoms with Crippen LogP contribution in [0.15, 0.2) is 0 Å². The molecule has 0 aliphatic rings. The summed E-state index contributed by atoms with van der Waals surface area (Å²) in [5.41, 5.74) is 5.29. The Balaban J connectivity index is 4.50. The Labute approximate surface area is 265 Å². The number of esters is 2. The molecule has 0 saturated carbocycles. The van der Waals surface area contributed by atoms with Crippen molar-refractivity contribution in [1.82, 2.24) is 0 Å². The van der Waals surface area contributed by atoms with Gasteiger partial charge in [-0.25, -0.2) is 4.57 Å². The Kier molecular flexibility index (Phi) is 27.9. The molecule has 0 aromatic carbocycles. The van der Waals surface area contributed by atoms with Crippen LogP contribution in [0.4, 0.5) is 0 Å². The number of hydrogen-bond acceptors (Lipinski definition) is 9. The van der Waals surface area contributed by atoms with Crippen LogP contribution in [0.1, 0.15) is 155 Å². The summed E-state index contributed by atoms with van der Waals surface area (Å²) >= 11 is 0. The van der Waals surface area contributed by atoms with Crippen molar-refractivity contribution >= 4 is 25.7 Å². The Morgan fingerprint density at radius 1 is 0.614 bits per heavy atom. The standard InChI is InChI=1S/C32H62NO10P/c1-3-5-7-9-11-13-15-17-19-21-23-30(34)40-25-28(26-41-44(38,39)42-27-29(33)32(36)37)43-31(35)24-22-20-18-16-14-12-10-8-6-4-2/h28-29H,3-27,33H2,1-2H3,(H,36,37)(H,38,39)/t28-,29+/m1/s1. The maximum atomic E-state index is 12.5. The van der Waals surface area contributed by atoms with E-state index in [0.29, 0.717) is 12.8 Å². The molecule has 11 nitrogen and oxygen atoms in total. The molecule has 0 spiro atoms. The van der Waals surface area contributed by atoms with Crippen molar-refractivity contribution in [2.75, 3.05) is 19.8 Å². The third-order valence-corrected chi connectivity index (χ3v) is 8.31. The van der Waals surface area contributed by atoms with E-state index in [-0.39, 0.29) is 19.4 Å². The summed E-state index contributed by atoms with van der Waals surface area (Å²) < 4.78 is 32.4. The first-order valence-electron chi connectivity index (χ1n) is 17.1. The molecule has 0 rings (SSSR count). The number of carbonyl (C=O) groups is 3. The maximum Gasteiger partial charge on any atom is 0.472 e. The molecule has 0 amide bonds. The summed E-state index contributed by atoms with van der Waals surface area (Å²) in [5, 5.41) is 8.82. The number of carbonyl (C=O) groups excluding carboxylic acids is 2. The van der Waals surface area contributed by atoms with Crippen LogP contribution in [-0.2, 0) is 37.5 Å². The second-order valence-corrected chi connectivity index (χ2v) is 13.1. The van der Waals surface area contributed by atoms with E-state index in [1.165, 1.54) is 77.0 Å². The zero-order valence-electron chi connectivity index (χ0n) is 27.5. The lowest BCUT2D eigenvalue weighted by Crippen LogP contribution is -2.34. The number of carboxylic acids is 1. The van der Waals surface area contributed by atoms with Gasteiger partial charge in [-0.2, -0.15) is 0 Å². The highest BCUT2D eigenvalue weighted by Crippen LogP contribution is 2.43. The maximum absolute atomic E-state index is 12.5. The molecule has 0 aromatic heterocycles. The van der Waals surface area contributed by atoms with E-state index in [0.717, 1.165) is 38.5 Å². The molecular formula is C32H62NO10P. The van der Waals surface area contributed by atoms with Gasteiger partial charge in [0.05, 0.1) is 13.2 Å². The Hall–Kier alpha value is -1.52. The van der Waals surface area contributed by atoms with Crippen molar-refractivity contribution in [3.63, 3.8) is 0 Å². The molecule has 3 atom stereocenters. The van der Waals surface area contributed by atoms with E-state index in [1.54, 1.807) is 0 Å². The van der Waals surface area contributed by atoms with E-state index >= 15 is 0 Å². The lowest BCUT2D eigenvalue weighted by atomic mass is 10.1. The smallest absolute Gasteiger partial charge is 0.472 e. The van der Waals surface area contributed by atoms with Crippen molar-refractivity contribution in [3.05, 3.63) is 0 Å². The Morgan fingerprint density at radius 3 is 1.43 bits per heavy atom. The van der Waals surface area contributed by atoms with Crippen LogP contribution in [0.2, 0.25) is 0 Å². The molecule has 260 valence electrons. The van der Waals surface area contributed by atoms with Crippen molar-refractivity contribution in [1.29, 1.82) is 0 Å². The number of ether oxygens (including phenoxy) is 2. The number of phosphoric acid groups is 1. The summed E-state index contributed by atoms with van der Waals surface area (Å²) in [4.78, 5) is 45.4. The first kappa shape index (κ1) is 42.5. The lowest BCUT2D eigenvalue weighted by Gasteiger charge is -2.20. The molecule has 0 fully saturated rings. The van der Waals surface area contributed by atoms with Crippen LogP contribution in [-0.4, -0.2) is 59.9 Å². The minimum atomic E-state index is -4.69. The molecule has 4 N–H and O–H groups in total. The van der Waals surface area contributed by atoms with Gasteiger partial charge in [-0.05, 0) is 12.8 Å². The fourth-order valence-electron chi connectivity index (χ4n) is 4.59. The quantitative estimate of drug-likeness (QED) is 0.0371. The fourth-order valence-corrected chi connectivity index (χ4v) is 5.37. The number of nitrogens with two attached hydrogens (primary N) is 1. The monoisotopic (exact) mass is 651 g/mol. The molecule has 44 heavy (non-hydrogen) atoms. The molecule has 0 aromatic rings. The summed E-state index contributed by atoms with van der Waals surface area (Å²) in [6.45, 7) is 2.74. The number of carboxylic acid groups (broad SMARTS) is 1. The summed E-state index contributed by atoms with van der Waals surface area (Å²) in [6.07, 6.45) is 21.9. The zero-order chi connectivity index (χ0) is 32.9. The van der Waals surface area contributed by atoms with Crippen LogP contribution in [0.5, 0.6) is 0 Å². The van der Waals surface area contributed by atoms with Crippen molar-refractivity contribution in [2.24, 2.45) is 5.73 Å². The van der Waals surface area contributed by atoms with Gasteiger partial charge in [0.1, 0.15) is 12.6 Å². The van der Waals surface area contributed by atoms with Gasteiger partial charge < -0.3 is 25.2 Å². The number of phosphoric ester groups is 1. The van der Waals surface area contributed by atoms with Gasteiger partial charge in [0, 0.05) is 12.8 Å². The van der Waals surface area contributed by atoms with Crippen LogP contribution < -0.4 is 5.73 Å². The number of unbranched alkanes of at least 4 members (excludes halogenated alkanes) is 18. The summed E-state index contributed by atoms with van der Waals surface area (Å²) in [7, 11) is -4.69. The fraction of sp³-hybridized carbons (Fsp3) is 0.906. The second-order valence-electron chi connectivity index (χ2n) is 11.7. The van der Waals surface area contributed by atoms with Gasteiger partial charge in [-0.15, -0.1) is 0 Å². The van der Waals surface area contributed by atoms with Crippen LogP contribution in [0.3, 0.4) is 0 Å². The molecule has 0 radical (unpaired) electrons. The number of hydrogen-bond donors (Lipinski definition) is 3. The minimum Gasteiger partial charge on any atom is -0.480 e. The van der Waals surface area contributed by atoms with Gasteiger partial charge in [-0.1, -0.05) is 129 Å². The molecule has 12 heteroatoms. The predicted molar refractivity (Wildman–Crippen MR) is 171 cm³/mol. The van der Waals surface area contributed by atoms with E-state index < -0.39 is 51.1 Å². The highest BCUT2D eigenvalue weighted by atomic mass is 31.2. The molecular weight excluding hydrogens is 589 g/mol. The number of aliphatic carboxylic acids is 1. The Morgan fingerprint density at radius 2 is 1.00 bits per heavy atom. The van der Waals surface area contributed by atoms with Crippen molar-refractivity contribution < 1.29 is 47.5 Å². The first-order chi connectivity index (χ1) is 21.1. The molecule has 1 unspecified atom stereocenters. The van der Waals surface area contributed by atoms with Crippen LogP contribution in [0, 0.1) is 0 Å². The first-order valence-corrected chi connectivity index (χ1v) is 18.6. The predicted octanol–water partition coefficient (Wildman–Crippen LogP) is 7.61. The third-order valence-electron chi connectivity index (χ3n) is 7.36. The van der Waals surface area contributed by atoms with Crippen LogP contribution in [0.25, 0.3) is 0 Å². The van der Waals surface area contributed by atoms with E-state index in [4.69, 9.17) is 24.8 Å². The van der Waals surface area contributed by atoms with E-state index in [9.17, 15) is 23.8 Å². The summed E-state index contributed by atoms with van der Waals surface area (Å²) in [5.74, 6) is -2.38. The van der Waals surface area contributed by atoms with E-state index in [2.05, 4.69) is 18.4 Å². The lowest BCUT2D eigenvalue weighted by molar-refractivity contribution is -0.161. The van der Waals surface area contributed by atoms with Gasteiger partial charge in [0.2, 0.25) is 0 Å². The van der Waals surface area contributed by atoms with Crippen molar-refractivity contribution in [3.8, 4) is 0 Å². The molecule has 0 aliphatic heterocycles. The van der Waals surface area contributed by atoms with Gasteiger partial charge >= 0.3 is 25.7 Å². The topological polar surface area (TPSA) is 172 Å². The molecule has 0 heterocycles. The normalized spacial score (nSPS) is 14.1. The summed E-state index contributed by atoms with van der Waals surface area (Å²) in [6, 6.07) is -1.51. The third kappa shape index (κ3) is 28.0. The van der Waals surface area contributed by atoms with Gasteiger partial charge in [0.15, 0.2) is 6.10 Å². The van der Waals surface area contributed by atoms with Gasteiger partial charge in [-0.3, -0.25) is 23.4 Å². The van der Waals surface area contributed by atoms with Crippen LogP contribution >= 0.6 is 7.82 Å². The van der Waals surface area contributed by atoms with Gasteiger partial charge in [0.25, 0.3) is 0 Å². The number of rotatable bonds is 32. The Bertz CT molecular complexity index is 782. The SMILES string of the molecule is CCCCCCCCCCCCC(=O)OC[C@H](COP(=O)(O)OC[C@H](N)C(=O)O)OC(=O)CCCCCCCCCCCC. The molecule has 0 saturated heterocycles. The largest absolute Gasteiger partial charge is 0.480 e. The molecule has 0 bridgehead atoms.